The zero-order chi connectivity index (χ0) is 9.26. The molecule has 66 valence electrons. The largest absolute Gasteiger partial charge is 0.464 e. The quantitative estimate of drug-likeness (QED) is 0.651. The average Bonchev–Trinajstić information content (AvgIpc) is 2.63. The molecule has 0 bridgehead atoms. The second-order valence-electron chi connectivity index (χ2n) is 2.49. The molecule has 0 fully saturated rings. The van der Waals surface area contributed by atoms with E-state index in [1.165, 1.54) is 18.4 Å². The highest BCUT2D eigenvalue weighted by Crippen LogP contribution is 2.23. The molecule has 0 saturated heterocycles. The SMILES string of the molecule is COC(=O)c1nccc2ccsc12. The van der Waals surface area contributed by atoms with Gasteiger partial charge in [-0.15, -0.1) is 11.3 Å². The first-order chi connectivity index (χ1) is 6.33. The lowest BCUT2D eigenvalue weighted by Crippen LogP contribution is -2.03. The smallest absolute Gasteiger partial charge is 0.358 e. The van der Waals surface area contributed by atoms with Gasteiger partial charge in [0.05, 0.1) is 11.8 Å². The molecule has 2 aromatic rings. The summed E-state index contributed by atoms with van der Waals surface area (Å²) in [7, 11) is 1.36. The van der Waals surface area contributed by atoms with E-state index in [9.17, 15) is 4.79 Å². The van der Waals surface area contributed by atoms with Gasteiger partial charge >= 0.3 is 5.97 Å². The number of aromatic nitrogens is 1. The summed E-state index contributed by atoms with van der Waals surface area (Å²) in [6.07, 6.45) is 1.61. The van der Waals surface area contributed by atoms with Crippen molar-refractivity contribution in [3.8, 4) is 0 Å². The van der Waals surface area contributed by atoms with Gasteiger partial charge < -0.3 is 4.74 Å². The van der Waals surface area contributed by atoms with Crippen LogP contribution in [0.25, 0.3) is 10.1 Å². The number of nitrogens with zero attached hydrogens (tertiary/aromatic N) is 1. The second kappa shape index (κ2) is 3.14. The van der Waals surface area contributed by atoms with Crippen molar-refractivity contribution in [3.05, 3.63) is 29.4 Å². The van der Waals surface area contributed by atoms with Crippen LogP contribution >= 0.6 is 11.3 Å². The molecule has 0 unspecified atom stereocenters. The molecule has 0 N–H and O–H groups in total. The van der Waals surface area contributed by atoms with E-state index in [2.05, 4.69) is 9.72 Å². The van der Waals surface area contributed by atoms with E-state index in [4.69, 9.17) is 0 Å². The molecule has 2 rings (SSSR count). The van der Waals surface area contributed by atoms with Crippen LogP contribution < -0.4 is 0 Å². The summed E-state index contributed by atoms with van der Waals surface area (Å²) in [4.78, 5) is 15.2. The molecule has 0 aromatic carbocycles. The number of carbonyl (C=O) groups excluding carboxylic acids is 1. The Kier molecular flexibility index (Phi) is 1.98. The van der Waals surface area contributed by atoms with Crippen molar-refractivity contribution in [2.24, 2.45) is 0 Å². The average molecular weight is 193 g/mol. The maximum Gasteiger partial charge on any atom is 0.358 e. The molecular weight excluding hydrogens is 186 g/mol. The summed E-state index contributed by atoms with van der Waals surface area (Å²) in [5.41, 5.74) is 0.398. The van der Waals surface area contributed by atoms with Crippen molar-refractivity contribution < 1.29 is 9.53 Å². The van der Waals surface area contributed by atoms with Crippen LogP contribution in [0.5, 0.6) is 0 Å². The number of hydrogen-bond acceptors (Lipinski definition) is 4. The molecule has 0 radical (unpaired) electrons. The van der Waals surface area contributed by atoms with Gasteiger partial charge in [0.1, 0.15) is 0 Å². The number of fused-ring (bicyclic) bond motifs is 1. The predicted octanol–water partition coefficient (Wildman–Crippen LogP) is 2.08. The van der Waals surface area contributed by atoms with Crippen LogP contribution in [0.1, 0.15) is 10.5 Å². The summed E-state index contributed by atoms with van der Waals surface area (Å²) >= 11 is 1.49. The molecule has 2 heterocycles. The van der Waals surface area contributed by atoms with Gasteiger partial charge in [-0.3, -0.25) is 0 Å². The normalized spacial score (nSPS) is 10.2. The fourth-order valence-corrected chi connectivity index (χ4v) is 2.01. The highest BCUT2D eigenvalue weighted by Gasteiger charge is 2.11. The third kappa shape index (κ3) is 1.29. The minimum absolute atomic E-state index is 0.381. The Labute approximate surface area is 79.0 Å². The molecule has 0 spiro atoms. The predicted molar refractivity (Wildman–Crippen MR) is 51.0 cm³/mol. The molecule has 0 amide bonds. The van der Waals surface area contributed by atoms with E-state index in [-0.39, 0.29) is 5.97 Å². The Hall–Kier alpha value is -1.42. The van der Waals surface area contributed by atoms with E-state index in [0.717, 1.165) is 10.1 Å². The number of pyridine rings is 1. The summed E-state index contributed by atoms with van der Waals surface area (Å²) in [6.45, 7) is 0. The van der Waals surface area contributed by atoms with E-state index in [1.807, 2.05) is 17.5 Å². The van der Waals surface area contributed by atoms with Crippen LogP contribution in [0.15, 0.2) is 23.7 Å². The van der Waals surface area contributed by atoms with Gasteiger partial charge in [-0.25, -0.2) is 9.78 Å². The molecule has 3 nitrogen and oxygen atoms in total. The molecule has 0 aliphatic heterocycles. The number of rotatable bonds is 1. The fraction of sp³-hybridized carbons (Fsp3) is 0.111. The van der Waals surface area contributed by atoms with Crippen molar-refractivity contribution in [3.63, 3.8) is 0 Å². The van der Waals surface area contributed by atoms with Crippen molar-refractivity contribution >= 4 is 27.4 Å². The van der Waals surface area contributed by atoms with Crippen LogP contribution in [0.3, 0.4) is 0 Å². The van der Waals surface area contributed by atoms with E-state index in [1.54, 1.807) is 6.20 Å². The number of methoxy groups -OCH3 is 1. The number of esters is 1. The van der Waals surface area contributed by atoms with Crippen molar-refractivity contribution in [2.45, 2.75) is 0 Å². The zero-order valence-electron chi connectivity index (χ0n) is 6.98. The van der Waals surface area contributed by atoms with Crippen LogP contribution in [-0.2, 0) is 4.74 Å². The second-order valence-corrected chi connectivity index (χ2v) is 3.41. The van der Waals surface area contributed by atoms with Gasteiger partial charge in [-0.1, -0.05) is 0 Å². The minimum Gasteiger partial charge on any atom is -0.464 e. The molecule has 13 heavy (non-hydrogen) atoms. The van der Waals surface area contributed by atoms with Crippen LogP contribution in [-0.4, -0.2) is 18.1 Å². The lowest BCUT2D eigenvalue weighted by Gasteiger charge is -1.98. The van der Waals surface area contributed by atoms with E-state index < -0.39 is 0 Å². The molecule has 2 aromatic heterocycles. The number of thiophene rings is 1. The van der Waals surface area contributed by atoms with Crippen molar-refractivity contribution in [2.75, 3.05) is 7.11 Å². The lowest BCUT2D eigenvalue weighted by molar-refractivity contribution is 0.0597. The van der Waals surface area contributed by atoms with Crippen LogP contribution in [0, 0.1) is 0 Å². The summed E-state index contributed by atoms with van der Waals surface area (Å²) in [5, 5.41) is 2.96. The Morgan fingerprint density at radius 2 is 2.38 bits per heavy atom. The summed E-state index contributed by atoms with van der Waals surface area (Å²) in [6, 6.07) is 3.83. The zero-order valence-corrected chi connectivity index (χ0v) is 7.80. The summed E-state index contributed by atoms with van der Waals surface area (Å²) in [5.74, 6) is -0.381. The molecular formula is C9H7NO2S. The first-order valence-electron chi connectivity index (χ1n) is 3.73. The first-order valence-corrected chi connectivity index (χ1v) is 4.61. The van der Waals surface area contributed by atoms with Crippen LogP contribution in [0.4, 0.5) is 0 Å². The van der Waals surface area contributed by atoms with E-state index in [0.29, 0.717) is 5.69 Å². The molecule has 0 aliphatic rings. The highest BCUT2D eigenvalue weighted by atomic mass is 32.1. The maximum absolute atomic E-state index is 11.2. The van der Waals surface area contributed by atoms with Gasteiger partial charge in [-0.2, -0.15) is 0 Å². The van der Waals surface area contributed by atoms with Crippen LogP contribution in [0.2, 0.25) is 0 Å². The van der Waals surface area contributed by atoms with Gasteiger partial charge in [0.2, 0.25) is 0 Å². The Morgan fingerprint density at radius 3 is 3.15 bits per heavy atom. The monoisotopic (exact) mass is 193 g/mol. The highest BCUT2D eigenvalue weighted by molar-refractivity contribution is 7.17. The van der Waals surface area contributed by atoms with Crippen molar-refractivity contribution in [1.29, 1.82) is 0 Å². The van der Waals surface area contributed by atoms with Crippen molar-refractivity contribution in [1.82, 2.24) is 4.98 Å². The lowest BCUT2D eigenvalue weighted by atomic mass is 10.3. The molecule has 0 saturated carbocycles. The third-order valence-corrected chi connectivity index (χ3v) is 2.68. The Bertz CT molecular complexity index is 450. The molecule has 0 atom stereocenters. The third-order valence-electron chi connectivity index (χ3n) is 1.75. The minimum atomic E-state index is -0.381. The number of hydrogen-bond donors (Lipinski definition) is 0. The fourth-order valence-electron chi connectivity index (χ4n) is 1.14. The molecule has 0 aliphatic carbocycles. The van der Waals surface area contributed by atoms with Gasteiger partial charge in [0.15, 0.2) is 5.69 Å². The van der Waals surface area contributed by atoms with Gasteiger partial charge in [0, 0.05) is 6.20 Å². The first kappa shape index (κ1) is 8.19. The Morgan fingerprint density at radius 1 is 1.54 bits per heavy atom. The molecule has 4 heteroatoms. The topological polar surface area (TPSA) is 39.2 Å². The maximum atomic E-state index is 11.2. The Balaban J connectivity index is 2.67. The number of ether oxygens (including phenoxy) is 1. The summed E-state index contributed by atoms with van der Waals surface area (Å²) < 4.78 is 5.50. The van der Waals surface area contributed by atoms with Gasteiger partial charge in [0.25, 0.3) is 0 Å². The van der Waals surface area contributed by atoms with E-state index >= 15 is 0 Å². The van der Waals surface area contributed by atoms with Gasteiger partial charge in [-0.05, 0) is 22.9 Å². The standard InChI is InChI=1S/C9H7NO2S/c1-12-9(11)7-8-6(2-4-10-7)3-5-13-8/h2-5H,1H3. The number of carbonyl (C=O) groups is 1.